The van der Waals surface area contributed by atoms with Crippen LogP contribution in [0.15, 0.2) is 24.4 Å². The maximum Gasteiger partial charge on any atom is 0.262 e. The first-order valence-corrected chi connectivity index (χ1v) is 13.7. The third kappa shape index (κ3) is 6.94. The van der Waals surface area contributed by atoms with Crippen molar-refractivity contribution < 1.29 is 14.0 Å². The van der Waals surface area contributed by atoms with Gasteiger partial charge in [-0.25, -0.2) is 4.39 Å². The molecule has 9 heteroatoms. The van der Waals surface area contributed by atoms with E-state index in [0.29, 0.717) is 41.5 Å². The Morgan fingerprint density at radius 2 is 2.00 bits per heavy atom. The summed E-state index contributed by atoms with van der Waals surface area (Å²) < 4.78 is 13.6. The molecule has 0 aliphatic heterocycles. The number of amides is 2. The molecule has 35 heavy (non-hydrogen) atoms. The summed E-state index contributed by atoms with van der Waals surface area (Å²) in [6.45, 7) is 3.93. The van der Waals surface area contributed by atoms with Crippen LogP contribution in [0.4, 0.5) is 10.1 Å². The first kappa shape index (κ1) is 25.9. The summed E-state index contributed by atoms with van der Waals surface area (Å²) in [4.78, 5) is 32.0. The lowest BCUT2D eigenvalue weighted by atomic mass is 9.97. The van der Waals surface area contributed by atoms with Crippen LogP contribution in [0, 0.1) is 12.8 Å². The number of nitrogens with one attached hydrogen (secondary N) is 3. The number of pyridine rings is 1. The van der Waals surface area contributed by atoms with Crippen LogP contribution >= 0.6 is 22.9 Å². The molecule has 2 fully saturated rings. The summed E-state index contributed by atoms with van der Waals surface area (Å²) in [6, 6.07) is 4.76. The molecule has 0 bridgehead atoms. The number of aromatic nitrogens is 1. The third-order valence-corrected chi connectivity index (χ3v) is 8.56. The minimum atomic E-state index is -0.852. The Bertz CT molecular complexity index is 1040. The van der Waals surface area contributed by atoms with Crippen LogP contribution in [-0.4, -0.2) is 35.1 Å². The smallest absolute Gasteiger partial charge is 0.262 e. The van der Waals surface area contributed by atoms with E-state index in [2.05, 4.69) is 20.9 Å². The summed E-state index contributed by atoms with van der Waals surface area (Å²) in [5.74, 6) is -0.0108. The largest absolute Gasteiger partial charge is 0.376 e. The zero-order valence-electron chi connectivity index (χ0n) is 20.3. The Labute approximate surface area is 215 Å². The number of alkyl halides is 1. The highest BCUT2D eigenvalue weighted by atomic mass is 35.5. The van der Waals surface area contributed by atoms with Gasteiger partial charge in [-0.3, -0.25) is 14.6 Å². The number of hydrogen-bond donors (Lipinski definition) is 3. The highest BCUT2D eigenvalue weighted by Crippen LogP contribution is 2.31. The topological polar surface area (TPSA) is 83.1 Å². The summed E-state index contributed by atoms with van der Waals surface area (Å²) in [5, 5.41) is 9.93. The predicted octanol–water partition coefficient (Wildman–Crippen LogP) is 5.96. The van der Waals surface area contributed by atoms with Gasteiger partial charge in [-0.15, -0.1) is 11.3 Å². The van der Waals surface area contributed by atoms with Crippen LogP contribution in [0.5, 0.6) is 0 Å². The molecule has 2 aliphatic rings. The van der Waals surface area contributed by atoms with Crippen molar-refractivity contribution in [1.29, 1.82) is 0 Å². The van der Waals surface area contributed by atoms with Crippen molar-refractivity contribution in [3.05, 3.63) is 44.9 Å². The number of carbonyl (C=O) groups excluding carboxylic acids is 2. The highest BCUT2D eigenvalue weighted by Gasteiger charge is 2.31. The van der Waals surface area contributed by atoms with Gasteiger partial charge < -0.3 is 16.0 Å². The normalized spacial score (nSPS) is 22.1. The van der Waals surface area contributed by atoms with E-state index in [-0.39, 0.29) is 23.9 Å². The van der Waals surface area contributed by atoms with Crippen molar-refractivity contribution in [2.75, 3.05) is 5.32 Å². The van der Waals surface area contributed by atoms with Crippen molar-refractivity contribution in [1.82, 2.24) is 15.6 Å². The van der Waals surface area contributed by atoms with Gasteiger partial charge in [0.25, 0.3) is 5.91 Å². The number of anilines is 1. The van der Waals surface area contributed by atoms with E-state index in [1.165, 1.54) is 24.2 Å². The van der Waals surface area contributed by atoms with Gasteiger partial charge >= 0.3 is 0 Å². The van der Waals surface area contributed by atoms with E-state index in [9.17, 15) is 14.0 Å². The maximum absolute atomic E-state index is 13.6. The van der Waals surface area contributed by atoms with Crippen molar-refractivity contribution >= 4 is 40.4 Å². The molecule has 190 valence electrons. The van der Waals surface area contributed by atoms with Crippen LogP contribution in [0.3, 0.4) is 0 Å². The van der Waals surface area contributed by atoms with Crippen molar-refractivity contribution in [3.8, 4) is 0 Å². The summed E-state index contributed by atoms with van der Waals surface area (Å²) in [5.41, 5.74) is 1.69. The number of thiophene rings is 1. The molecule has 4 rings (SSSR count). The molecule has 6 nitrogen and oxygen atoms in total. The van der Waals surface area contributed by atoms with E-state index in [0.717, 1.165) is 29.1 Å². The Kier molecular flexibility index (Phi) is 8.65. The number of nitrogens with zero attached hydrogens (tertiary/aromatic N) is 1. The maximum atomic E-state index is 13.6. The number of aryl methyl sites for hydroxylation is 1. The van der Waals surface area contributed by atoms with E-state index < -0.39 is 12.2 Å². The molecular formula is C26H34ClFN4O2S. The molecule has 2 aliphatic carbocycles. The predicted molar refractivity (Wildman–Crippen MR) is 139 cm³/mol. The van der Waals surface area contributed by atoms with Crippen LogP contribution in [0.1, 0.15) is 84.6 Å². The molecule has 0 saturated heterocycles. The number of hydrogen-bond acceptors (Lipinski definition) is 5. The summed E-state index contributed by atoms with van der Waals surface area (Å²) in [7, 11) is 0. The molecule has 3 N–H and O–H groups in total. The van der Waals surface area contributed by atoms with E-state index in [1.807, 2.05) is 26.0 Å². The monoisotopic (exact) mass is 520 g/mol. The van der Waals surface area contributed by atoms with E-state index in [4.69, 9.17) is 11.6 Å². The van der Waals surface area contributed by atoms with Gasteiger partial charge in [0, 0.05) is 17.1 Å². The van der Waals surface area contributed by atoms with Crippen molar-refractivity contribution in [3.63, 3.8) is 0 Å². The Morgan fingerprint density at radius 3 is 2.71 bits per heavy atom. The molecule has 0 spiro atoms. The van der Waals surface area contributed by atoms with Crippen LogP contribution in [-0.2, 0) is 4.79 Å². The van der Waals surface area contributed by atoms with E-state index in [1.54, 1.807) is 12.3 Å². The number of carbonyl (C=O) groups is 2. The molecule has 0 radical (unpaired) electrons. The minimum absolute atomic E-state index is 0.0471. The molecule has 2 aromatic rings. The lowest BCUT2D eigenvalue weighted by Gasteiger charge is -2.23. The van der Waals surface area contributed by atoms with Crippen LogP contribution in [0.25, 0.3) is 0 Å². The minimum Gasteiger partial charge on any atom is -0.376 e. The second kappa shape index (κ2) is 11.7. The fraction of sp³-hybridized carbons (Fsp3) is 0.577. The van der Waals surface area contributed by atoms with Crippen LogP contribution < -0.4 is 16.0 Å². The van der Waals surface area contributed by atoms with Crippen LogP contribution in [0.2, 0.25) is 5.02 Å². The Hall–Kier alpha value is -2.19. The van der Waals surface area contributed by atoms with Gasteiger partial charge in [-0.1, -0.05) is 37.3 Å². The molecule has 2 amide bonds. The van der Waals surface area contributed by atoms with E-state index >= 15 is 0 Å². The van der Waals surface area contributed by atoms with Gasteiger partial charge in [0.05, 0.1) is 27.3 Å². The average molecular weight is 521 g/mol. The quantitative estimate of drug-likeness (QED) is 0.380. The molecule has 0 aromatic carbocycles. The average Bonchev–Trinajstić information content (AvgIpc) is 3.58. The Balaban J connectivity index is 1.40. The van der Waals surface area contributed by atoms with Crippen molar-refractivity contribution in [2.24, 2.45) is 5.92 Å². The standard InChI is InChI=1S/C26H34ClFN4O2S/c1-15-21(12-18(27)14-29-15)30-16(2)23-9-10-24(35-23)26(34)32-22(11-17-5-3-4-6-17)25(33)31-20-8-7-19(28)13-20/h9-10,12,14,16-17,19-20,22,30H,3-8,11,13H2,1-2H3,(H,31,33)(H,32,34)/t16-,19-,20+,22-/m0/s1. The van der Waals surface area contributed by atoms with Crippen molar-refractivity contribution in [2.45, 2.75) is 89.5 Å². The zero-order valence-corrected chi connectivity index (χ0v) is 21.9. The van der Waals surface area contributed by atoms with Gasteiger partial charge in [0.15, 0.2) is 0 Å². The number of halogens is 2. The van der Waals surface area contributed by atoms with Gasteiger partial charge in [0.2, 0.25) is 5.91 Å². The summed E-state index contributed by atoms with van der Waals surface area (Å²) in [6.07, 6.45) is 7.38. The van der Waals surface area contributed by atoms with Gasteiger partial charge in [0.1, 0.15) is 12.2 Å². The van der Waals surface area contributed by atoms with Gasteiger partial charge in [-0.2, -0.15) is 0 Å². The molecular weight excluding hydrogens is 487 g/mol. The summed E-state index contributed by atoms with van der Waals surface area (Å²) >= 11 is 7.48. The molecule has 4 atom stereocenters. The molecule has 2 aromatic heterocycles. The lowest BCUT2D eigenvalue weighted by molar-refractivity contribution is -0.124. The SMILES string of the molecule is Cc1ncc(Cl)cc1N[C@@H](C)c1ccc(C(=O)N[C@@H](CC2CCCC2)C(=O)N[C@@H]2CC[C@H](F)C2)s1. The second-order valence-electron chi connectivity index (χ2n) is 9.88. The fourth-order valence-corrected chi connectivity index (χ4v) is 6.14. The fourth-order valence-electron chi connectivity index (χ4n) is 5.07. The number of rotatable bonds is 9. The lowest BCUT2D eigenvalue weighted by Crippen LogP contribution is -2.49. The molecule has 2 saturated carbocycles. The zero-order chi connectivity index (χ0) is 24.9. The first-order chi connectivity index (χ1) is 16.8. The second-order valence-corrected chi connectivity index (χ2v) is 11.4. The third-order valence-electron chi connectivity index (χ3n) is 7.08. The molecule has 2 heterocycles. The molecule has 0 unspecified atom stereocenters. The first-order valence-electron chi connectivity index (χ1n) is 12.5. The Morgan fingerprint density at radius 1 is 1.23 bits per heavy atom. The van der Waals surface area contributed by atoms with Gasteiger partial charge in [-0.05, 0) is 63.6 Å². The highest BCUT2D eigenvalue weighted by molar-refractivity contribution is 7.14.